The second-order valence-electron chi connectivity index (χ2n) is 6.01. The van der Waals surface area contributed by atoms with Crippen molar-refractivity contribution in [2.75, 3.05) is 0 Å². The molecule has 1 atom stereocenters. The minimum atomic E-state index is -2.19. The normalized spacial score (nSPS) is 19.6. The number of benzene rings is 1. The number of carbonyl (C=O) groups excluding carboxylic acids is 2. The predicted octanol–water partition coefficient (Wildman–Crippen LogP) is 0.135. The molecule has 1 aromatic heterocycles. The summed E-state index contributed by atoms with van der Waals surface area (Å²) in [5.74, 6) is -3.10. The van der Waals surface area contributed by atoms with Gasteiger partial charge in [0.05, 0.1) is 16.4 Å². The number of nitrogens with zero attached hydrogens (tertiary/aromatic N) is 1. The van der Waals surface area contributed by atoms with Gasteiger partial charge in [-0.3, -0.25) is 40.1 Å². The maximum atomic E-state index is 12.8. The number of nitrogens with one attached hydrogen (secondary N) is 4. The fourth-order valence-corrected chi connectivity index (χ4v) is 3.68. The van der Waals surface area contributed by atoms with Crippen LogP contribution in [0, 0.1) is 14.9 Å². The molecule has 3 heterocycles. The molecule has 2 aliphatic heterocycles. The van der Waals surface area contributed by atoms with Gasteiger partial charge >= 0.3 is 0 Å². The first kappa shape index (κ1) is 17.9. The zero-order chi connectivity index (χ0) is 20.2. The Hall–Kier alpha value is -3.45. The molecule has 0 radical (unpaired) electrons. The van der Waals surface area contributed by atoms with Crippen LogP contribution in [0.15, 0.2) is 29.1 Å². The topological polar surface area (TPSA) is 159 Å². The van der Waals surface area contributed by atoms with Gasteiger partial charge in [-0.1, -0.05) is 12.1 Å². The quantitative estimate of drug-likeness (QED) is 0.231. The van der Waals surface area contributed by atoms with E-state index in [9.17, 15) is 24.5 Å². The maximum absolute atomic E-state index is 12.8. The Morgan fingerprint density at radius 3 is 2.21 bits per heavy atom. The molecule has 2 amide bonds. The van der Waals surface area contributed by atoms with Gasteiger partial charge in [-0.15, -0.1) is 0 Å². The van der Waals surface area contributed by atoms with Crippen LogP contribution in [0.1, 0.15) is 17.0 Å². The highest BCUT2D eigenvalue weighted by molar-refractivity contribution is 7.80. The number of non-ortho nitro benzene ring substituents is 1. The van der Waals surface area contributed by atoms with Crippen LogP contribution < -0.4 is 20.9 Å². The highest BCUT2D eigenvalue weighted by atomic mass is 32.1. The molecule has 1 unspecified atom stereocenters. The minimum Gasteiger partial charge on any atom is -0.451 e. The first-order valence-electron chi connectivity index (χ1n) is 7.71. The number of hydrogen-bond donors (Lipinski definition) is 4. The fraction of sp³-hybridized carbons (Fsp3) is 0.133. The molecule has 11 nitrogen and oxygen atoms in total. The molecular formula is C15H9N5O6S2. The highest BCUT2D eigenvalue weighted by Gasteiger charge is 2.64. The van der Waals surface area contributed by atoms with E-state index in [1.54, 1.807) is 0 Å². The monoisotopic (exact) mass is 419 g/mol. The Morgan fingerprint density at radius 1 is 1.04 bits per heavy atom. The summed E-state index contributed by atoms with van der Waals surface area (Å²) in [6.07, 6.45) is 0. The van der Waals surface area contributed by atoms with Gasteiger partial charge in [0.15, 0.2) is 9.88 Å². The maximum Gasteiger partial charge on any atom is 0.281 e. The number of rotatable bonds is 2. The molecule has 4 N–H and O–H groups in total. The van der Waals surface area contributed by atoms with Crippen LogP contribution in [0.25, 0.3) is 0 Å². The van der Waals surface area contributed by atoms with E-state index in [1.165, 1.54) is 24.3 Å². The van der Waals surface area contributed by atoms with Crippen molar-refractivity contribution in [1.29, 1.82) is 0 Å². The Kier molecular flexibility index (Phi) is 3.87. The van der Waals surface area contributed by atoms with Crippen LogP contribution in [0.3, 0.4) is 0 Å². The molecule has 28 heavy (non-hydrogen) atoms. The standard InChI is InChI=1S/C15H9N5O6S2/c21-9-7-8(5-1-3-6(4-2-5)20(24)25)15(26-10(7)17-13(27)16-9)11(22)18-14(28)19-12(15)23/h1-4,8H,(H2,16,17,21,27)(H2,18,19,22,23,28). The van der Waals surface area contributed by atoms with Crippen molar-refractivity contribution in [2.24, 2.45) is 0 Å². The number of aromatic nitrogens is 2. The number of aromatic amines is 2. The molecule has 4 rings (SSSR count). The molecule has 0 saturated carbocycles. The van der Waals surface area contributed by atoms with E-state index < -0.39 is 33.8 Å². The first-order valence-corrected chi connectivity index (χ1v) is 8.52. The molecule has 2 aliphatic rings. The molecule has 142 valence electrons. The second-order valence-corrected chi connectivity index (χ2v) is 6.82. The van der Waals surface area contributed by atoms with Crippen molar-refractivity contribution in [1.82, 2.24) is 20.6 Å². The molecule has 1 saturated heterocycles. The van der Waals surface area contributed by atoms with Crippen LogP contribution in [0.5, 0.6) is 5.88 Å². The molecule has 13 heteroatoms. The Labute approximate surface area is 165 Å². The van der Waals surface area contributed by atoms with E-state index in [2.05, 4.69) is 20.6 Å². The number of ether oxygens (including phenoxy) is 1. The van der Waals surface area contributed by atoms with Gasteiger partial charge < -0.3 is 9.72 Å². The highest BCUT2D eigenvalue weighted by Crippen LogP contribution is 2.47. The van der Waals surface area contributed by atoms with Crippen molar-refractivity contribution in [3.8, 4) is 5.88 Å². The summed E-state index contributed by atoms with van der Waals surface area (Å²) < 4.78 is 5.60. The Balaban J connectivity index is 1.98. The molecule has 0 aliphatic carbocycles. The Morgan fingerprint density at radius 2 is 1.64 bits per heavy atom. The summed E-state index contributed by atoms with van der Waals surface area (Å²) in [6, 6.07) is 5.09. The van der Waals surface area contributed by atoms with Gasteiger partial charge in [0, 0.05) is 12.1 Å². The number of carbonyl (C=O) groups is 2. The summed E-state index contributed by atoms with van der Waals surface area (Å²) in [5, 5.41) is 15.4. The average Bonchev–Trinajstić information content (AvgIpc) is 2.96. The number of H-pyrrole nitrogens is 2. The third kappa shape index (κ3) is 2.44. The van der Waals surface area contributed by atoms with Crippen molar-refractivity contribution < 1.29 is 19.2 Å². The predicted molar refractivity (Wildman–Crippen MR) is 99.4 cm³/mol. The molecule has 1 aromatic carbocycles. The van der Waals surface area contributed by atoms with Crippen LogP contribution >= 0.6 is 24.4 Å². The first-order chi connectivity index (χ1) is 13.2. The van der Waals surface area contributed by atoms with Crippen LogP contribution in [-0.4, -0.2) is 37.4 Å². The SMILES string of the molecule is O=C1NC(=S)NC(=O)C12Oc1[nH]c(=S)[nH]c(=O)c1C2c1ccc([N+](=O)[O-])cc1. The molecule has 2 aromatic rings. The number of nitro groups is 1. The van der Waals surface area contributed by atoms with E-state index in [4.69, 9.17) is 29.2 Å². The van der Waals surface area contributed by atoms with E-state index in [-0.39, 0.29) is 32.6 Å². The fourth-order valence-electron chi connectivity index (χ4n) is 3.31. The lowest BCUT2D eigenvalue weighted by molar-refractivity contribution is -0.384. The summed E-state index contributed by atoms with van der Waals surface area (Å²) >= 11 is 9.75. The van der Waals surface area contributed by atoms with E-state index in [1.807, 2.05) is 0 Å². The van der Waals surface area contributed by atoms with Crippen molar-refractivity contribution in [3.05, 3.63) is 60.6 Å². The van der Waals surface area contributed by atoms with E-state index >= 15 is 0 Å². The van der Waals surface area contributed by atoms with Gasteiger partial charge in [-0.2, -0.15) is 0 Å². The number of thiocarbonyl (C=S) groups is 1. The lowest BCUT2D eigenvalue weighted by atomic mass is 9.77. The zero-order valence-corrected chi connectivity index (χ0v) is 15.2. The lowest BCUT2D eigenvalue weighted by Gasteiger charge is -2.34. The van der Waals surface area contributed by atoms with Gasteiger partial charge in [0.2, 0.25) is 5.88 Å². The molecule has 1 spiro atoms. The Bertz CT molecular complexity index is 1160. The van der Waals surface area contributed by atoms with Crippen molar-refractivity contribution in [2.45, 2.75) is 11.5 Å². The number of nitro benzene ring substituents is 1. The number of amides is 2. The van der Waals surface area contributed by atoms with Crippen LogP contribution in [0.4, 0.5) is 5.69 Å². The number of fused-ring (bicyclic) bond motifs is 1. The van der Waals surface area contributed by atoms with Crippen LogP contribution in [-0.2, 0) is 9.59 Å². The molecular weight excluding hydrogens is 410 g/mol. The largest absolute Gasteiger partial charge is 0.451 e. The smallest absolute Gasteiger partial charge is 0.281 e. The second kappa shape index (κ2) is 6.03. The average molecular weight is 419 g/mol. The summed E-state index contributed by atoms with van der Waals surface area (Å²) in [7, 11) is 0. The van der Waals surface area contributed by atoms with Crippen molar-refractivity contribution in [3.63, 3.8) is 0 Å². The lowest BCUT2D eigenvalue weighted by Crippen LogP contribution is -2.70. The summed E-state index contributed by atoms with van der Waals surface area (Å²) in [4.78, 5) is 53.5. The van der Waals surface area contributed by atoms with E-state index in [0.717, 1.165) is 0 Å². The van der Waals surface area contributed by atoms with Crippen LogP contribution in [0.2, 0.25) is 0 Å². The van der Waals surface area contributed by atoms with E-state index in [0.29, 0.717) is 0 Å². The number of hydrogen-bond acceptors (Lipinski definition) is 8. The van der Waals surface area contributed by atoms with Gasteiger partial charge in [-0.25, -0.2) is 0 Å². The third-order valence-corrected chi connectivity index (χ3v) is 4.88. The minimum absolute atomic E-state index is 0.0411. The zero-order valence-electron chi connectivity index (χ0n) is 13.6. The third-order valence-electron chi connectivity index (χ3n) is 4.47. The van der Waals surface area contributed by atoms with Gasteiger partial charge in [0.1, 0.15) is 0 Å². The molecule has 1 fully saturated rings. The molecule has 0 bridgehead atoms. The van der Waals surface area contributed by atoms with Gasteiger partial charge in [0.25, 0.3) is 28.7 Å². The summed E-state index contributed by atoms with van der Waals surface area (Å²) in [5.41, 5.74) is -2.81. The summed E-state index contributed by atoms with van der Waals surface area (Å²) in [6.45, 7) is 0. The van der Waals surface area contributed by atoms with Crippen molar-refractivity contribution >= 4 is 47.0 Å². The van der Waals surface area contributed by atoms with Gasteiger partial charge in [-0.05, 0) is 30.0 Å².